The van der Waals surface area contributed by atoms with E-state index in [2.05, 4.69) is 0 Å². The van der Waals surface area contributed by atoms with Crippen molar-refractivity contribution < 1.29 is 10.2 Å². The van der Waals surface area contributed by atoms with Crippen LogP contribution in [-0.4, -0.2) is 54.0 Å². The second-order valence-electron chi connectivity index (χ2n) is 4.06. The Bertz CT molecular complexity index is 142. The molecule has 0 heterocycles. The summed E-state index contributed by atoms with van der Waals surface area (Å²) in [5.41, 5.74) is 0. The second-order valence-corrected chi connectivity index (χ2v) is 14.5. The fourth-order valence-corrected chi connectivity index (χ4v) is 10.7. The molecule has 2 N–H and O–H groups in total. The molecule has 0 spiro atoms. The van der Waals surface area contributed by atoms with E-state index < -0.39 is 0 Å². The van der Waals surface area contributed by atoms with Crippen molar-refractivity contribution in [3.63, 3.8) is 0 Å². The molecule has 0 fully saturated rings. The van der Waals surface area contributed by atoms with Gasteiger partial charge < -0.3 is 10.2 Å². The molecule has 0 unspecified atom stereocenters. The minimum absolute atomic E-state index is 0.0546. The van der Waals surface area contributed by atoms with Gasteiger partial charge in [0.15, 0.2) is 0 Å². The van der Waals surface area contributed by atoms with Crippen LogP contribution in [0.2, 0.25) is 24.2 Å². The van der Waals surface area contributed by atoms with Crippen molar-refractivity contribution in [3.05, 3.63) is 0 Å². The largest absolute Gasteiger partial charge is 0.397 e. The Morgan fingerprint density at radius 1 is 0.667 bits per heavy atom. The second kappa shape index (κ2) is 18.8. The van der Waals surface area contributed by atoms with Crippen LogP contribution in [0.25, 0.3) is 0 Å². The molecule has 0 radical (unpaired) electrons. The highest BCUT2D eigenvalue weighted by Crippen LogP contribution is 2.43. The number of hydrogen-bond acceptors (Lipinski definition) is 6. The highest BCUT2D eigenvalue weighted by molar-refractivity contribution is 9.26. The van der Waals surface area contributed by atoms with Crippen LogP contribution in [0.5, 0.6) is 0 Å². The van der Waals surface area contributed by atoms with Gasteiger partial charge in [-0.05, 0) is 44.6 Å². The molecule has 18 heavy (non-hydrogen) atoms. The summed E-state index contributed by atoms with van der Waals surface area (Å²) in [5.74, 6) is 2.53. The number of aliphatic hydroxyl groups is 2. The monoisotopic (exact) mass is 362 g/mol. The van der Waals surface area contributed by atoms with Crippen LogP contribution in [0, 0.1) is 0 Å². The average molecular weight is 363 g/mol. The van der Waals surface area contributed by atoms with Crippen LogP contribution in [0.4, 0.5) is 0 Å². The maximum Gasteiger partial charge on any atom is 0.0402 e. The predicted molar refractivity (Wildman–Crippen MR) is 99.8 cm³/mol. The average Bonchev–Trinajstić information content (AvgIpc) is 2.39. The van der Waals surface area contributed by atoms with Crippen molar-refractivity contribution in [2.45, 2.75) is 37.0 Å². The molecule has 0 aliphatic heterocycles. The zero-order valence-electron chi connectivity index (χ0n) is 11.0. The normalized spacial score (nSPS) is 12.3. The molecule has 2 nitrogen and oxygen atoms in total. The van der Waals surface area contributed by atoms with Crippen molar-refractivity contribution in [1.82, 2.24) is 0 Å². The quantitative estimate of drug-likeness (QED) is 0.265. The first-order chi connectivity index (χ1) is 8.91. The summed E-state index contributed by atoms with van der Waals surface area (Å²) in [6, 6.07) is 4.98. The number of aliphatic hydroxyl groups excluding tert-OH is 2. The molecule has 0 aromatic heterocycles. The number of hydrogen-bond donors (Lipinski definition) is 2. The van der Waals surface area contributed by atoms with Gasteiger partial charge in [0.05, 0.1) is 0 Å². The summed E-state index contributed by atoms with van der Waals surface area (Å²) >= 11 is 0. The maximum absolute atomic E-state index is 8.67. The maximum atomic E-state index is 8.67. The Morgan fingerprint density at radius 2 is 1.11 bits per heavy atom. The zero-order valence-corrected chi connectivity index (χ0v) is 17.1. The first-order valence-corrected chi connectivity index (χ1v) is 15.9. The van der Waals surface area contributed by atoms with E-state index in [9.17, 15) is 0 Å². The van der Waals surface area contributed by atoms with Gasteiger partial charge in [-0.15, -0.1) is 0 Å². The van der Waals surface area contributed by atoms with Crippen molar-refractivity contribution >= 4 is 60.3 Å². The Kier molecular flexibility index (Phi) is 20.6. The van der Waals surface area contributed by atoms with Crippen molar-refractivity contribution in [2.24, 2.45) is 0 Å². The highest BCUT2D eigenvalue weighted by Gasteiger charge is 1.95. The zero-order chi connectivity index (χ0) is 13.3. The fraction of sp³-hybridized carbons (Fsp3) is 1.00. The highest BCUT2D eigenvalue weighted by atomic mass is 33.7. The van der Waals surface area contributed by atoms with Crippen LogP contribution in [0.3, 0.4) is 0 Å². The van der Waals surface area contributed by atoms with E-state index in [-0.39, 0.29) is 19.0 Å². The molecule has 0 aliphatic carbocycles. The third-order valence-electron chi connectivity index (χ3n) is 2.40. The van der Waals surface area contributed by atoms with E-state index >= 15 is 0 Å². The molecule has 0 saturated carbocycles. The van der Waals surface area contributed by atoms with Gasteiger partial charge in [-0.3, -0.25) is 0 Å². The van der Waals surface area contributed by atoms with E-state index in [1.54, 1.807) is 0 Å². The minimum atomic E-state index is 0.0546. The molecule has 0 aromatic carbocycles. The smallest absolute Gasteiger partial charge is 0.0402 e. The lowest BCUT2D eigenvalue weighted by Crippen LogP contribution is -1.93. The summed E-state index contributed by atoms with van der Waals surface area (Å²) in [6.45, 7) is 0.809. The van der Waals surface area contributed by atoms with E-state index in [0.29, 0.717) is 13.2 Å². The fourth-order valence-electron chi connectivity index (χ4n) is 1.36. The molecule has 0 bridgehead atoms. The van der Waals surface area contributed by atoms with Gasteiger partial charge in [0.2, 0.25) is 0 Å². The van der Waals surface area contributed by atoms with Crippen molar-refractivity contribution in [3.8, 4) is 0 Å². The molecule has 0 rings (SSSR count). The van der Waals surface area contributed by atoms with Gasteiger partial charge in [-0.25, -0.2) is 0 Å². The first-order valence-electron chi connectivity index (χ1n) is 6.71. The van der Waals surface area contributed by atoms with Crippen molar-refractivity contribution in [2.75, 3.05) is 24.7 Å². The van der Waals surface area contributed by atoms with Gasteiger partial charge in [0.1, 0.15) is 0 Å². The van der Waals surface area contributed by atoms with Crippen LogP contribution >= 0.6 is 41.2 Å². The molecular weight excluding hydrogens is 337 g/mol. The Morgan fingerprint density at radius 3 is 1.50 bits per heavy atom. The van der Waals surface area contributed by atoms with Crippen LogP contribution in [-0.2, 0) is 0 Å². The lowest BCUT2D eigenvalue weighted by molar-refractivity contribution is 0.317. The summed E-state index contributed by atoms with van der Waals surface area (Å²) < 4.78 is 0. The van der Waals surface area contributed by atoms with Crippen LogP contribution in [0.1, 0.15) is 12.8 Å². The lowest BCUT2D eigenvalue weighted by Gasteiger charge is -2.01. The topological polar surface area (TPSA) is 40.5 Å². The van der Waals surface area contributed by atoms with E-state index in [1.807, 2.05) is 41.2 Å². The molecule has 8 heteroatoms. The van der Waals surface area contributed by atoms with Gasteiger partial charge in [0, 0.05) is 43.8 Å². The van der Waals surface area contributed by atoms with Gasteiger partial charge in [-0.1, -0.05) is 33.7 Å². The van der Waals surface area contributed by atoms with Gasteiger partial charge in [-0.2, -0.15) is 0 Å². The third-order valence-corrected chi connectivity index (χ3v) is 12.7. The summed E-state index contributed by atoms with van der Waals surface area (Å²) in [5, 5.41) is 17.3. The molecule has 0 aromatic rings. The predicted octanol–water partition coefficient (Wildman–Crippen LogP) is 2.44. The Hall–Kier alpha value is 1.75. The molecule has 0 amide bonds. The van der Waals surface area contributed by atoms with Gasteiger partial charge in [0.25, 0.3) is 0 Å². The molecule has 0 saturated heterocycles. The summed E-state index contributed by atoms with van der Waals surface area (Å²) in [4.78, 5) is 0. The molecular formula is C10H26O2S4Si2. The number of rotatable bonds is 15. The van der Waals surface area contributed by atoms with Crippen molar-refractivity contribution in [1.29, 1.82) is 0 Å². The lowest BCUT2D eigenvalue weighted by atomic mass is 10.6. The SMILES string of the molecule is OCC[SiH2]CCCSSSSCCC[SiH2]CCO. The third kappa shape index (κ3) is 17.8. The Labute approximate surface area is 131 Å². The minimum Gasteiger partial charge on any atom is -0.397 e. The van der Waals surface area contributed by atoms with E-state index in [4.69, 9.17) is 10.2 Å². The van der Waals surface area contributed by atoms with E-state index in [0.717, 1.165) is 12.1 Å². The van der Waals surface area contributed by atoms with Crippen LogP contribution in [0.15, 0.2) is 0 Å². The van der Waals surface area contributed by atoms with Crippen LogP contribution < -0.4 is 0 Å². The molecule has 110 valence electrons. The van der Waals surface area contributed by atoms with E-state index in [1.165, 1.54) is 36.4 Å². The standard InChI is InChI=1S/C10H26O2S4Si2/c11-3-9-17-7-1-5-13-15-16-14-6-2-8-18-10-4-12/h11-12H,1-10,17-18H2. The molecule has 0 aliphatic rings. The molecule has 0 atom stereocenters. The Balaban J connectivity index is 2.86. The first kappa shape index (κ1) is 19.8. The van der Waals surface area contributed by atoms with Gasteiger partial charge >= 0.3 is 0 Å². The summed E-state index contributed by atoms with van der Waals surface area (Å²) in [6.07, 6.45) is 2.67. The summed E-state index contributed by atoms with van der Waals surface area (Å²) in [7, 11) is 7.90.